The largest absolute Gasteiger partial charge is 0.389 e. The quantitative estimate of drug-likeness (QED) is 0.171. The Kier molecular flexibility index (Phi) is 10.9. The van der Waals surface area contributed by atoms with E-state index in [-0.39, 0.29) is 45.9 Å². The van der Waals surface area contributed by atoms with Crippen LogP contribution in [-0.2, 0) is 19.6 Å². The summed E-state index contributed by atoms with van der Waals surface area (Å²) in [6.07, 6.45) is -17.9. The van der Waals surface area contributed by atoms with Crippen molar-refractivity contribution in [2.75, 3.05) is 0 Å². The summed E-state index contributed by atoms with van der Waals surface area (Å²) in [5, 5.41) is -0.384. The van der Waals surface area contributed by atoms with E-state index in [0.29, 0.717) is 4.57 Å². The molecular weight excluding hydrogens is 682 g/mol. The fraction of sp³-hybridized carbons (Fsp3) is 0.545. The van der Waals surface area contributed by atoms with Gasteiger partial charge in [0.25, 0.3) is 11.1 Å². The summed E-state index contributed by atoms with van der Waals surface area (Å²) in [7, 11) is 0. The molecule has 0 unspecified atom stereocenters. The van der Waals surface area contributed by atoms with Gasteiger partial charge in [0.2, 0.25) is 10.6 Å². The Morgan fingerprint density at radius 1 is 0.578 bits per heavy atom. The minimum Gasteiger partial charge on any atom is -0.323 e. The minimum atomic E-state index is -4.46. The van der Waals surface area contributed by atoms with Crippen LogP contribution in [0.4, 0.5) is 39.5 Å². The summed E-state index contributed by atoms with van der Waals surface area (Å²) in [5.41, 5.74) is -4.09. The molecule has 12 nitrogen and oxygen atoms in total. The van der Waals surface area contributed by atoms with E-state index in [1.54, 1.807) is 0 Å². The first-order chi connectivity index (χ1) is 20.7. The number of rotatable bonds is 9. The lowest BCUT2D eigenvalue weighted by Crippen LogP contribution is -2.40. The van der Waals surface area contributed by atoms with Crippen LogP contribution in [0, 0.1) is 0 Å². The molecule has 0 aromatic carbocycles. The van der Waals surface area contributed by atoms with E-state index in [1.807, 2.05) is 4.98 Å². The highest BCUT2D eigenvalue weighted by molar-refractivity contribution is 6.29. The highest BCUT2D eigenvalue weighted by Crippen LogP contribution is 2.23. The molecule has 3 N–H and O–H groups in total. The van der Waals surface area contributed by atoms with Crippen molar-refractivity contribution in [3.8, 4) is 0 Å². The Labute approximate surface area is 252 Å². The first kappa shape index (κ1) is 35.7. The molecule has 0 bridgehead atoms. The maximum Gasteiger partial charge on any atom is 0.389 e. The van der Waals surface area contributed by atoms with Gasteiger partial charge in [0.1, 0.15) is 0 Å². The average Bonchev–Trinajstić information content (AvgIpc) is 3.46. The van der Waals surface area contributed by atoms with Gasteiger partial charge in [-0.1, -0.05) is 0 Å². The average molecular weight is 703 g/mol. The molecule has 0 amide bonds. The normalized spacial score (nSPS) is 12.6. The third-order valence-corrected chi connectivity index (χ3v) is 6.32. The molecule has 4 rings (SSSR count). The van der Waals surface area contributed by atoms with Crippen molar-refractivity contribution >= 4 is 45.5 Å². The lowest BCUT2D eigenvalue weighted by Gasteiger charge is -2.12. The molecule has 45 heavy (non-hydrogen) atoms. The van der Waals surface area contributed by atoms with Crippen LogP contribution in [-0.4, -0.2) is 57.2 Å². The SMILES string of the molecule is O=c1[nH]c(=O)n(CCCC(F)(F)F)c2nc(Cl)[nH]c12.O=c1c2[nH]c(Cl)nc2n(CCCC(F)(F)F)c(=O)n1CCCC(F)(F)F. The Hall–Kier alpha value is -3.75. The van der Waals surface area contributed by atoms with Crippen LogP contribution < -0.4 is 22.5 Å². The first-order valence-electron chi connectivity index (χ1n) is 12.6. The summed E-state index contributed by atoms with van der Waals surface area (Å²) in [6, 6.07) is 0. The third kappa shape index (κ3) is 9.87. The van der Waals surface area contributed by atoms with Gasteiger partial charge in [-0.15, -0.1) is 0 Å². The monoisotopic (exact) mass is 702 g/mol. The standard InChI is InChI=1S/C13H13ClF6N4O2.C9H8ClF3N4O2/c14-10-21-7-8(22-10)23(5-1-3-12(15,16)17)11(26)24(9(7)25)6-2-4-13(18,19)20;10-7-14-4-5(15-7)17(8(19)16-6(4)18)3-1-2-9(11,12)13/h1-6H2,(H,21,22);1-3H2,(H,14,15)(H,16,18,19). The van der Waals surface area contributed by atoms with E-state index in [9.17, 15) is 58.7 Å². The zero-order valence-corrected chi connectivity index (χ0v) is 23.9. The summed E-state index contributed by atoms with van der Waals surface area (Å²) in [6.45, 7) is -1.18. The van der Waals surface area contributed by atoms with Gasteiger partial charge in [-0.2, -0.15) is 49.5 Å². The molecule has 4 heterocycles. The molecule has 0 atom stereocenters. The molecule has 0 spiro atoms. The summed E-state index contributed by atoms with van der Waals surface area (Å²) >= 11 is 11.2. The number of H-pyrrole nitrogens is 3. The fourth-order valence-electron chi connectivity index (χ4n) is 4.07. The Balaban J connectivity index is 0.000000257. The number of imidazole rings is 2. The number of aromatic amines is 3. The number of fused-ring (bicyclic) bond motifs is 2. The van der Waals surface area contributed by atoms with E-state index in [1.165, 1.54) is 0 Å². The van der Waals surface area contributed by atoms with Gasteiger partial charge in [-0.05, 0) is 42.5 Å². The second-order valence-electron chi connectivity index (χ2n) is 9.41. The molecular formula is C22H21Cl2F9N8O4. The molecule has 0 aliphatic carbocycles. The van der Waals surface area contributed by atoms with Crippen molar-refractivity contribution < 1.29 is 39.5 Å². The van der Waals surface area contributed by atoms with Crippen LogP contribution >= 0.6 is 23.2 Å². The topological polar surface area (TPSA) is 156 Å². The van der Waals surface area contributed by atoms with E-state index in [2.05, 4.69) is 19.9 Å². The molecule has 0 fully saturated rings. The predicted octanol–water partition coefficient (Wildman–Crippen LogP) is 4.63. The summed E-state index contributed by atoms with van der Waals surface area (Å²) in [5.74, 6) is 0. The molecule has 0 radical (unpaired) electrons. The van der Waals surface area contributed by atoms with Crippen LogP contribution in [0.15, 0.2) is 19.2 Å². The number of halogens is 11. The van der Waals surface area contributed by atoms with Gasteiger partial charge in [0, 0.05) is 38.9 Å². The van der Waals surface area contributed by atoms with Gasteiger partial charge < -0.3 is 9.97 Å². The molecule has 4 aromatic rings. The van der Waals surface area contributed by atoms with E-state index >= 15 is 0 Å². The Bertz CT molecular complexity index is 1880. The molecule has 0 aliphatic heterocycles. The zero-order valence-electron chi connectivity index (χ0n) is 22.4. The van der Waals surface area contributed by atoms with Crippen LogP contribution in [0.5, 0.6) is 0 Å². The number of alkyl halides is 9. The van der Waals surface area contributed by atoms with Crippen molar-refractivity contribution in [1.82, 2.24) is 38.6 Å². The minimum absolute atomic E-state index is 0.0448. The maximum atomic E-state index is 12.4. The van der Waals surface area contributed by atoms with E-state index < -0.39 is 86.2 Å². The van der Waals surface area contributed by atoms with Gasteiger partial charge in [0.05, 0.1) is 0 Å². The van der Waals surface area contributed by atoms with Crippen molar-refractivity contribution in [1.29, 1.82) is 0 Å². The Morgan fingerprint density at radius 2 is 0.978 bits per heavy atom. The van der Waals surface area contributed by atoms with Gasteiger partial charge in [-0.25, -0.2) is 9.59 Å². The van der Waals surface area contributed by atoms with Crippen molar-refractivity contribution in [2.24, 2.45) is 0 Å². The van der Waals surface area contributed by atoms with Crippen molar-refractivity contribution in [2.45, 2.75) is 76.7 Å². The predicted molar refractivity (Wildman–Crippen MR) is 141 cm³/mol. The smallest absolute Gasteiger partial charge is 0.323 e. The molecule has 4 aromatic heterocycles. The fourth-order valence-corrected chi connectivity index (χ4v) is 4.42. The summed E-state index contributed by atoms with van der Waals surface area (Å²) in [4.78, 5) is 61.8. The van der Waals surface area contributed by atoms with Gasteiger partial charge >= 0.3 is 29.9 Å². The number of aryl methyl sites for hydroxylation is 2. The number of nitrogens with zero attached hydrogens (tertiary/aromatic N) is 5. The van der Waals surface area contributed by atoms with Crippen LogP contribution in [0.3, 0.4) is 0 Å². The van der Waals surface area contributed by atoms with Crippen molar-refractivity contribution in [3.05, 3.63) is 52.2 Å². The van der Waals surface area contributed by atoms with E-state index in [4.69, 9.17) is 23.2 Å². The number of aromatic nitrogens is 8. The van der Waals surface area contributed by atoms with Gasteiger partial charge in [0.15, 0.2) is 22.3 Å². The number of hydrogen-bond acceptors (Lipinski definition) is 6. The molecule has 0 saturated carbocycles. The highest BCUT2D eigenvalue weighted by atomic mass is 35.5. The Morgan fingerprint density at radius 3 is 1.44 bits per heavy atom. The zero-order chi connectivity index (χ0) is 33.9. The third-order valence-electron chi connectivity index (χ3n) is 5.96. The van der Waals surface area contributed by atoms with Gasteiger partial charge in [-0.3, -0.25) is 28.3 Å². The number of hydrogen-bond donors (Lipinski definition) is 3. The summed E-state index contributed by atoms with van der Waals surface area (Å²) < 4.78 is 112. The lowest BCUT2D eigenvalue weighted by atomic mass is 10.3. The number of nitrogens with one attached hydrogen (secondary N) is 3. The molecule has 0 aliphatic rings. The highest BCUT2D eigenvalue weighted by Gasteiger charge is 2.29. The molecule has 23 heteroatoms. The molecule has 250 valence electrons. The second kappa shape index (κ2) is 13.7. The van der Waals surface area contributed by atoms with Crippen molar-refractivity contribution in [3.63, 3.8) is 0 Å². The van der Waals surface area contributed by atoms with Crippen LogP contribution in [0.2, 0.25) is 10.6 Å². The van der Waals surface area contributed by atoms with Crippen LogP contribution in [0.1, 0.15) is 38.5 Å². The molecule has 0 saturated heterocycles. The first-order valence-corrected chi connectivity index (χ1v) is 13.4. The lowest BCUT2D eigenvalue weighted by molar-refractivity contribution is -0.136. The second-order valence-corrected chi connectivity index (χ2v) is 10.1. The van der Waals surface area contributed by atoms with E-state index in [0.717, 1.165) is 9.13 Å². The van der Waals surface area contributed by atoms with Crippen LogP contribution in [0.25, 0.3) is 22.3 Å². The maximum absolute atomic E-state index is 12.4.